The third-order valence-corrected chi connectivity index (χ3v) is 2.38. The van der Waals surface area contributed by atoms with Gasteiger partial charge in [-0.15, -0.1) is 0 Å². The van der Waals surface area contributed by atoms with Crippen LogP contribution in [0, 0.1) is 5.92 Å². The average Bonchev–Trinajstić information content (AvgIpc) is 2.22. The Balaban J connectivity index is 0.000000791. The van der Waals surface area contributed by atoms with Crippen molar-refractivity contribution in [2.45, 2.75) is 59.8 Å². The molecular formula is C14H26. The van der Waals surface area contributed by atoms with E-state index >= 15 is 0 Å². The molecule has 1 aliphatic rings. The molecule has 1 rings (SSSR count). The van der Waals surface area contributed by atoms with Crippen molar-refractivity contribution in [1.29, 1.82) is 0 Å². The number of hydrogen-bond donors (Lipinski definition) is 0. The van der Waals surface area contributed by atoms with Crippen molar-refractivity contribution < 1.29 is 0 Å². The molecule has 1 aliphatic carbocycles. The second-order valence-corrected chi connectivity index (χ2v) is 4.08. The van der Waals surface area contributed by atoms with Gasteiger partial charge >= 0.3 is 0 Å². The molecule has 0 fully saturated rings. The van der Waals surface area contributed by atoms with Crippen molar-refractivity contribution in [1.82, 2.24) is 0 Å². The average molecular weight is 194 g/mol. The largest absolute Gasteiger partial charge is 0.0842 e. The standard InChI is InChI=1S/C12H20.C2H6/c1-11(2)7-6-10-12-8-4-3-5-9-12;1-2/h3-4,8,11H,5-7,9-10H2,1-2H3;1-2H3. The Morgan fingerprint density at radius 2 is 2.00 bits per heavy atom. The summed E-state index contributed by atoms with van der Waals surface area (Å²) < 4.78 is 0. The summed E-state index contributed by atoms with van der Waals surface area (Å²) in [5.41, 5.74) is 1.65. The van der Waals surface area contributed by atoms with E-state index in [4.69, 9.17) is 0 Å². The van der Waals surface area contributed by atoms with E-state index in [0.717, 1.165) is 5.92 Å². The molecule has 0 bridgehead atoms. The summed E-state index contributed by atoms with van der Waals surface area (Å²) in [5, 5.41) is 0. The highest BCUT2D eigenvalue weighted by Crippen LogP contribution is 2.19. The zero-order chi connectivity index (χ0) is 10.8. The molecule has 0 saturated carbocycles. The molecule has 0 nitrogen and oxygen atoms in total. The topological polar surface area (TPSA) is 0 Å². The highest BCUT2D eigenvalue weighted by atomic mass is 14.1. The van der Waals surface area contributed by atoms with Gasteiger partial charge in [-0.25, -0.2) is 0 Å². The lowest BCUT2D eigenvalue weighted by Crippen LogP contribution is -1.91. The normalized spacial score (nSPS) is 14.8. The Labute approximate surface area is 90.1 Å². The molecule has 82 valence electrons. The molecule has 0 aliphatic heterocycles. The van der Waals surface area contributed by atoms with Crippen LogP contribution in [0.2, 0.25) is 0 Å². The van der Waals surface area contributed by atoms with Crippen LogP contribution in [-0.4, -0.2) is 0 Å². The van der Waals surface area contributed by atoms with Crippen LogP contribution >= 0.6 is 0 Å². The number of hydrogen-bond acceptors (Lipinski definition) is 0. The minimum Gasteiger partial charge on any atom is -0.0842 e. The fraction of sp³-hybridized carbons (Fsp3) is 0.714. The SMILES string of the molecule is CC.CC(C)CCCC1=CC=CCC1. The predicted molar refractivity (Wildman–Crippen MR) is 66.5 cm³/mol. The van der Waals surface area contributed by atoms with Crippen LogP contribution in [-0.2, 0) is 0 Å². The maximum absolute atomic E-state index is 2.30. The minimum atomic E-state index is 0.865. The van der Waals surface area contributed by atoms with Gasteiger partial charge in [0.25, 0.3) is 0 Å². The third kappa shape index (κ3) is 6.94. The summed E-state index contributed by atoms with van der Waals surface area (Å²) >= 11 is 0. The summed E-state index contributed by atoms with van der Waals surface area (Å²) in [6.07, 6.45) is 13.4. The summed E-state index contributed by atoms with van der Waals surface area (Å²) in [6, 6.07) is 0. The van der Waals surface area contributed by atoms with Crippen molar-refractivity contribution in [3.05, 3.63) is 23.8 Å². The van der Waals surface area contributed by atoms with E-state index in [1.54, 1.807) is 5.57 Å². The van der Waals surface area contributed by atoms with Gasteiger partial charge in [0.2, 0.25) is 0 Å². The molecule has 0 radical (unpaired) electrons. The third-order valence-electron chi connectivity index (χ3n) is 2.38. The molecule has 0 aromatic heterocycles. The Morgan fingerprint density at radius 1 is 1.29 bits per heavy atom. The first-order chi connectivity index (χ1) is 6.79. The van der Waals surface area contributed by atoms with Gasteiger partial charge in [-0.1, -0.05) is 57.9 Å². The lowest BCUT2D eigenvalue weighted by molar-refractivity contribution is 0.550. The maximum Gasteiger partial charge on any atom is -0.0282 e. The Hall–Kier alpha value is -0.520. The van der Waals surface area contributed by atoms with E-state index in [2.05, 4.69) is 32.1 Å². The summed E-state index contributed by atoms with van der Waals surface area (Å²) in [6.45, 7) is 8.60. The molecule has 0 amide bonds. The van der Waals surface area contributed by atoms with Gasteiger partial charge in [0.05, 0.1) is 0 Å². The van der Waals surface area contributed by atoms with E-state index in [1.165, 1.54) is 32.1 Å². The van der Waals surface area contributed by atoms with Gasteiger partial charge in [-0.05, 0) is 31.6 Å². The Bertz CT molecular complexity index is 172. The first-order valence-corrected chi connectivity index (χ1v) is 6.13. The molecule has 0 aromatic carbocycles. The lowest BCUT2D eigenvalue weighted by Gasteiger charge is -2.09. The highest BCUT2D eigenvalue weighted by molar-refractivity contribution is 5.17. The quantitative estimate of drug-likeness (QED) is 0.583. The smallest absolute Gasteiger partial charge is 0.0282 e. The van der Waals surface area contributed by atoms with E-state index in [9.17, 15) is 0 Å². The van der Waals surface area contributed by atoms with Gasteiger partial charge in [0.1, 0.15) is 0 Å². The number of allylic oxidation sites excluding steroid dienone is 4. The van der Waals surface area contributed by atoms with Crippen molar-refractivity contribution >= 4 is 0 Å². The zero-order valence-corrected chi connectivity index (χ0v) is 10.3. The molecule has 0 aromatic rings. The molecule has 0 N–H and O–H groups in total. The van der Waals surface area contributed by atoms with Gasteiger partial charge in [0, 0.05) is 0 Å². The fourth-order valence-electron chi connectivity index (χ4n) is 1.60. The molecule has 0 spiro atoms. The highest BCUT2D eigenvalue weighted by Gasteiger charge is 2.00. The van der Waals surface area contributed by atoms with E-state index in [1.807, 2.05) is 13.8 Å². The van der Waals surface area contributed by atoms with Gasteiger partial charge in [-0.3, -0.25) is 0 Å². The summed E-state index contributed by atoms with van der Waals surface area (Å²) in [4.78, 5) is 0. The second kappa shape index (κ2) is 9.05. The van der Waals surface area contributed by atoms with Gasteiger partial charge < -0.3 is 0 Å². The van der Waals surface area contributed by atoms with Crippen molar-refractivity contribution in [3.8, 4) is 0 Å². The number of rotatable bonds is 4. The van der Waals surface area contributed by atoms with Crippen LogP contribution in [0.15, 0.2) is 23.8 Å². The Morgan fingerprint density at radius 3 is 2.50 bits per heavy atom. The zero-order valence-electron chi connectivity index (χ0n) is 10.3. The van der Waals surface area contributed by atoms with Gasteiger partial charge in [0.15, 0.2) is 0 Å². The molecule has 14 heavy (non-hydrogen) atoms. The van der Waals surface area contributed by atoms with E-state index in [0.29, 0.717) is 0 Å². The van der Waals surface area contributed by atoms with Crippen LogP contribution in [0.5, 0.6) is 0 Å². The van der Waals surface area contributed by atoms with Crippen molar-refractivity contribution in [2.75, 3.05) is 0 Å². The Kier molecular flexibility index (Phi) is 8.72. The predicted octanol–water partition coefficient (Wildman–Crippen LogP) is 5.12. The van der Waals surface area contributed by atoms with Crippen molar-refractivity contribution in [2.24, 2.45) is 5.92 Å². The molecule has 0 saturated heterocycles. The monoisotopic (exact) mass is 194 g/mol. The molecule has 0 heteroatoms. The van der Waals surface area contributed by atoms with E-state index in [-0.39, 0.29) is 0 Å². The van der Waals surface area contributed by atoms with Crippen LogP contribution in [0.3, 0.4) is 0 Å². The molecular weight excluding hydrogens is 168 g/mol. The second-order valence-electron chi connectivity index (χ2n) is 4.08. The summed E-state index contributed by atoms with van der Waals surface area (Å²) in [5.74, 6) is 0.865. The fourth-order valence-corrected chi connectivity index (χ4v) is 1.60. The molecule has 0 heterocycles. The first kappa shape index (κ1) is 13.5. The molecule has 0 unspecified atom stereocenters. The van der Waals surface area contributed by atoms with Gasteiger partial charge in [-0.2, -0.15) is 0 Å². The van der Waals surface area contributed by atoms with Crippen LogP contribution in [0.25, 0.3) is 0 Å². The first-order valence-electron chi connectivity index (χ1n) is 6.13. The van der Waals surface area contributed by atoms with Crippen LogP contribution < -0.4 is 0 Å². The lowest BCUT2D eigenvalue weighted by atomic mass is 9.97. The van der Waals surface area contributed by atoms with E-state index < -0.39 is 0 Å². The van der Waals surface area contributed by atoms with Crippen LogP contribution in [0.4, 0.5) is 0 Å². The van der Waals surface area contributed by atoms with Crippen molar-refractivity contribution in [3.63, 3.8) is 0 Å². The summed E-state index contributed by atoms with van der Waals surface area (Å²) in [7, 11) is 0. The molecule has 0 atom stereocenters. The maximum atomic E-state index is 2.30. The van der Waals surface area contributed by atoms with Crippen LogP contribution in [0.1, 0.15) is 59.8 Å². The minimum absolute atomic E-state index is 0.865.